The molecule has 1 saturated heterocycles. The lowest BCUT2D eigenvalue weighted by molar-refractivity contribution is -0.0182. The number of ether oxygens (including phenoxy) is 1. The molecule has 0 saturated carbocycles. The van der Waals surface area contributed by atoms with Crippen LogP contribution in [-0.2, 0) is 11.3 Å². The molecule has 0 amide bonds. The van der Waals surface area contributed by atoms with E-state index in [-0.39, 0.29) is 11.9 Å². The highest BCUT2D eigenvalue weighted by molar-refractivity contribution is 5.37. The quantitative estimate of drug-likeness (QED) is 0.884. The SMILES string of the molecule is CN1CCOC(CNCc2cc(F)ccc2C#N)C1. The van der Waals surface area contributed by atoms with Gasteiger partial charge in [0.25, 0.3) is 0 Å². The van der Waals surface area contributed by atoms with Crippen molar-refractivity contribution in [3.05, 3.63) is 35.1 Å². The molecule has 19 heavy (non-hydrogen) atoms. The normalized spacial score (nSPS) is 20.2. The van der Waals surface area contributed by atoms with Gasteiger partial charge in [-0.2, -0.15) is 5.26 Å². The molecule has 1 unspecified atom stereocenters. The first kappa shape index (κ1) is 13.9. The molecule has 1 atom stereocenters. The minimum atomic E-state index is -0.315. The van der Waals surface area contributed by atoms with Gasteiger partial charge in [0.05, 0.1) is 24.3 Å². The van der Waals surface area contributed by atoms with Gasteiger partial charge in [-0.3, -0.25) is 0 Å². The number of hydrogen-bond acceptors (Lipinski definition) is 4. The van der Waals surface area contributed by atoms with Crippen LogP contribution < -0.4 is 5.32 Å². The van der Waals surface area contributed by atoms with E-state index < -0.39 is 0 Å². The lowest BCUT2D eigenvalue weighted by Crippen LogP contribution is -2.44. The van der Waals surface area contributed by atoms with Crippen molar-refractivity contribution in [3.8, 4) is 6.07 Å². The standard InChI is InChI=1S/C14H18FN3O/c1-18-4-5-19-14(10-18)9-17-8-12-6-13(15)3-2-11(12)7-16/h2-3,6,14,17H,4-5,8-10H2,1H3. The van der Waals surface area contributed by atoms with Gasteiger partial charge in [-0.25, -0.2) is 4.39 Å². The number of nitrogens with zero attached hydrogens (tertiary/aromatic N) is 2. The molecule has 1 aromatic carbocycles. The molecule has 0 aliphatic carbocycles. The number of hydrogen-bond donors (Lipinski definition) is 1. The number of nitrogens with one attached hydrogen (secondary N) is 1. The number of likely N-dealkylation sites (N-methyl/N-ethyl adjacent to an activating group) is 1. The van der Waals surface area contributed by atoms with Crippen molar-refractivity contribution < 1.29 is 9.13 Å². The van der Waals surface area contributed by atoms with Crippen molar-refractivity contribution in [1.82, 2.24) is 10.2 Å². The molecule has 0 aromatic heterocycles. The highest BCUT2D eigenvalue weighted by atomic mass is 19.1. The fourth-order valence-corrected chi connectivity index (χ4v) is 2.18. The molecule has 0 bridgehead atoms. The van der Waals surface area contributed by atoms with Gasteiger partial charge in [0.1, 0.15) is 5.82 Å². The summed E-state index contributed by atoms with van der Waals surface area (Å²) in [5.41, 5.74) is 1.20. The molecule has 5 heteroatoms. The van der Waals surface area contributed by atoms with E-state index in [9.17, 15) is 4.39 Å². The van der Waals surface area contributed by atoms with Crippen LogP contribution in [0.1, 0.15) is 11.1 Å². The number of morpholine rings is 1. The van der Waals surface area contributed by atoms with E-state index in [1.807, 2.05) is 0 Å². The summed E-state index contributed by atoms with van der Waals surface area (Å²) < 4.78 is 18.8. The minimum Gasteiger partial charge on any atom is -0.374 e. The van der Waals surface area contributed by atoms with Crippen LogP contribution in [-0.4, -0.2) is 44.3 Å². The third kappa shape index (κ3) is 4.00. The topological polar surface area (TPSA) is 48.3 Å². The summed E-state index contributed by atoms with van der Waals surface area (Å²) in [7, 11) is 2.07. The maximum atomic E-state index is 13.1. The second kappa shape index (κ2) is 6.62. The summed E-state index contributed by atoms with van der Waals surface area (Å²) in [5, 5.41) is 12.2. The first-order valence-corrected chi connectivity index (χ1v) is 6.38. The predicted molar refractivity (Wildman–Crippen MR) is 70.1 cm³/mol. The van der Waals surface area contributed by atoms with E-state index in [0.717, 1.165) is 19.7 Å². The van der Waals surface area contributed by atoms with Crippen LogP contribution in [0.15, 0.2) is 18.2 Å². The molecule has 1 heterocycles. The molecule has 1 aliphatic rings. The van der Waals surface area contributed by atoms with E-state index in [1.165, 1.54) is 18.2 Å². The van der Waals surface area contributed by atoms with Crippen molar-refractivity contribution in [3.63, 3.8) is 0 Å². The third-order valence-electron chi connectivity index (χ3n) is 3.22. The Bertz CT molecular complexity index is 472. The third-order valence-corrected chi connectivity index (χ3v) is 3.22. The summed E-state index contributed by atoms with van der Waals surface area (Å²) >= 11 is 0. The Morgan fingerprint density at radius 1 is 1.58 bits per heavy atom. The van der Waals surface area contributed by atoms with Gasteiger partial charge < -0.3 is 15.0 Å². The Morgan fingerprint density at radius 2 is 2.42 bits per heavy atom. The Kier molecular flexibility index (Phi) is 4.86. The van der Waals surface area contributed by atoms with Gasteiger partial charge in [0, 0.05) is 26.2 Å². The van der Waals surface area contributed by atoms with Crippen LogP contribution in [0, 0.1) is 17.1 Å². The predicted octanol–water partition coefficient (Wildman–Crippen LogP) is 1.12. The first-order valence-electron chi connectivity index (χ1n) is 6.38. The van der Waals surface area contributed by atoms with Crippen molar-refractivity contribution >= 4 is 0 Å². The number of benzene rings is 1. The molecule has 1 aromatic rings. The maximum absolute atomic E-state index is 13.1. The Labute approximate surface area is 112 Å². The van der Waals surface area contributed by atoms with Gasteiger partial charge in [-0.15, -0.1) is 0 Å². The second-order valence-corrected chi connectivity index (χ2v) is 4.80. The minimum absolute atomic E-state index is 0.151. The number of rotatable bonds is 4. The molecule has 1 aliphatic heterocycles. The molecule has 0 spiro atoms. The monoisotopic (exact) mass is 263 g/mol. The van der Waals surface area contributed by atoms with Crippen molar-refractivity contribution in [2.45, 2.75) is 12.6 Å². The average Bonchev–Trinajstić information content (AvgIpc) is 2.39. The van der Waals surface area contributed by atoms with E-state index in [2.05, 4.69) is 23.3 Å². The van der Waals surface area contributed by atoms with E-state index in [1.54, 1.807) is 0 Å². The van der Waals surface area contributed by atoms with E-state index in [4.69, 9.17) is 10.00 Å². The van der Waals surface area contributed by atoms with Crippen molar-refractivity contribution in [1.29, 1.82) is 5.26 Å². The lowest BCUT2D eigenvalue weighted by Gasteiger charge is -2.30. The van der Waals surface area contributed by atoms with Gasteiger partial charge >= 0.3 is 0 Å². The van der Waals surface area contributed by atoms with Gasteiger partial charge in [-0.05, 0) is 30.8 Å². The molecule has 1 fully saturated rings. The Balaban J connectivity index is 1.85. The highest BCUT2D eigenvalue weighted by Crippen LogP contribution is 2.10. The second-order valence-electron chi connectivity index (χ2n) is 4.80. The maximum Gasteiger partial charge on any atom is 0.123 e. The largest absolute Gasteiger partial charge is 0.374 e. The van der Waals surface area contributed by atoms with Crippen molar-refractivity contribution in [2.24, 2.45) is 0 Å². The van der Waals surface area contributed by atoms with Gasteiger partial charge in [-0.1, -0.05) is 0 Å². The summed E-state index contributed by atoms with van der Waals surface area (Å²) in [4.78, 5) is 2.22. The van der Waals surface area contributed by atoms with Crippen LogP contribution in [0.5, 0.6) is 0 Å². The van der Waals surface area contributed by atoms with Crippen LogP contribution in [0.4, 0.5) is 4.39 Å². The van der Waals surface area contributed by atoms with Gasteiger partial charge in [0.15, 0.2) is 0 Å². The summed E-state index contributed by atoms with van der Waals surface area (Å²) in [6, 6.07) is 6.29. The van der Waals surface area contributed by atoms with Crippen LogP contribution in [0.25, 0.3) is 0 Å². The molecule has 102 valence electrons. The summed E-state index contributed by atoms with van der Waals surface area (Å²) in [6.45, 7) is 3.77. The van der Waals surface area contributed by atoms with E-state index in [0.29, 0.717) is 24.2 Å². The number of nitriles is 1. The zero-order valence-electron chi connectivity index (χ0n) is 11.0. The van der Waals surface area contributed by atoms with E-state index >= 15 is 0 Å². The molecule has 2 rings (SSSR count). The van der Waals surface area contributed by atoms with Crippen LogP contribution in [0.3, 0.4) is 0 Å². The summed E-state index contributed by atoms with van der Waals surface area (Å²) in [6.07, 6.45) is 0.151. The smallest absolute Gasteiger partial charge is 0.123 e. The lowest BCUT2D eigenvalue weighted by atomic mass is 10.1. The molecule has 1 N–H and O–H groups in total. The molecule has 4 nitrogen and oxygen atoms in total. The van der Waals surface area contributed by atoms with Crippen molar-refractivity contribution in [2.75, 3.05) is 33.3 Å². The average molecular weight is 263 g/mol. The first-order chi connectivity index (χ1) is 9.19. The highest BCUT2D eigenvalue weighted by Gasteiger charge is 2.17. The molecular weight excluding hydrogens is 245 g/mol. The fraction of sp³-hybridized carbons (Fsp3) is 0.500. The van der Waals surface area contributed by atoms with Crippen LogP contribution in [0.2, 0.25) is 0 Å². The zero-order chi connectivity index (χ0) is 13.7. The summed E-state index contributed by atoms with van der Waals surface area (Å²) in [5.74, 6) is -0.315. The molecular formula is C14H18FN3O. The fourth-order valence-electron chi connectivity index (χ4n) is 2.18. The zero-order valence-corrected chi connectivity index (χ0v) is 11.0. The molecule has 0 radical (unpaired) electrons. The van der Waals surface area contributed by atoms with Gasteiger partial charge in [0.2, 0.25) is 0 Å². The Morgan fingerprint density at radius 3 is 3.16 bits per heavy atom. The Hall–Kier alpha value is -1.48. The van der Waals surface area contributed by atoms with Crippen LogP contribution >= 0.6 is 0 Å². The number of halogens is 1.